The lowest BCUT2D eigenvalue weighted by molar-refractivity contribution is 1.11. The molecule has 0 saturated heterocycles. The molecule has 3 N–H and O–H groups in total. The van der Waals surface area contributed by atoms with Gasteiger partial charge in [-0.2, -0.15) is 0 Å². The van der Waals surface area contributed by atoms with Crippen LogP contribution in [0.15, 0.2) is 35.5 Å². The maximum atomic E-state index is 6.06. The normalized spacial score (nSPS) is 10.4. The Morgan fingerprint density at radius 1 is 1.22 bits per heavy atom. The monoisotopic (exact) mass is 300 g/mol. The van der Waals surface area contributed by atoms with Gasteiger partial charge in [0.2, 0.25) is 0 Å². The number of nitrogens with one attached hydrogen (secondary N) is 1. The summed E-state index contributed by atoms with van der Waals surface area (Å²) < 4.78 is 0. The largest absolute Gasteiger partial charge is 0.308 e. The van der Waals surface area contributed by atoms with Crippen molar-refractivity contribution >= 4 is 40.8 Å². The van der Waals surface area contributed by atoms with Crippen LogP contribution in [-0.2, 0) is 5.75 Å². The van der Waals surface area contributed by atoms with Gasteiger partial charge in [-0.05, 0) is 24.3 Å². The van der Waals surface area contributed by atoms with E-state index in [4.69, 9.17) is 29.0 Å². The van der Waals surface area contributed by atoms with E-state index in [0.29, 0.717) is 21.6 Å². The van der Waals surface area contributed by atoms with Crippen molar-refractivity contribution < 1.29 is 0 Å². The maximum absolute atomic E-state index is 6.06. The van der Waals surface area contributed by atoms with Gasteiger partial charge >= 0.3 is 0 Å². The van der Waals surface area contributed by atoms with Crippen LogP contribution in [0.1, 0.15) is 5.69 Å². The molecule has 0 unspecified atom stereocenters. The van der Waals surface area contributed by atoms with Crippen molar-refractivity contribution in [2.75, 3.05) is 5.43 Å². The van der Waals surface area contributed by atoms with E-state index in [1.54, 1.807) is 24.4 Å². The SMILES string of the molecule is NNc1ccc(Cl)c(CSc2ccc(Cl)cn2)n1. The van der Waals surface area contributed by atoms with Gasteiger partial charge in [-0.3, -0.25) is 0 Å². The second kappa shape index (κ2) is 6.24. The molecule has 7 heteroatoms. The lowest BCUT2D eigenvalue weighted by Crippen LogP contribution is -2.09. The number of rotatable bonds is 4. The smallest absolute Gasteiger partial charge is 0.140 e. The highest BCUT2D eigenvalue weighted by Gasteiger charge is 2.05. The summed E-state index contributed by atoms with van der Waals surface area (Å²) in [5, 5.41) is 2.09. The molecule has 2 aromatic rings. The molecule has 0 spiro atoms. The third-order valence-corrected chi connectivity index (χ3v) is 3.65. The Hall–Kier alpha value is -1.01. The van der Waals surface area contributed by atoms with Crippen molar-refractivity contribution in [1.29, 1.82) is 0 Å². The highest BCUT2D eigenvalue weighted by atomic mass is 35.5. The van der Waals surface area contributed by atoms with Gasteiger partial charge in [0.15, 0.2) is 0 Å². The number of halogens is 2. The highest BCUT2D eigenvalue weighted by Crippen LogP contribution is 2.25. The van der Waals surface area contributed by atoms with Gasteiger partial charge in [-0.15, -0.1) is 0 Å². The fourth-order valence-corrected chi connectivity index (χ4v) is 2.42. The topological polar surface area (TPSA) is 63.8 Å². The first kappa shape index (κ1) is 13.4. The predicted molar refractivity (Wildman–Crippen MR) is 75.9 cm³/mol. The van der Waals surface area contributed by atoms with Gasteiger partial charge in [-0.1, -0.05) is 35.0 Å². The van der Waals surface area contributed by atoms with Gasteiger partial charge in [-0.25, -0.2) is 15.8 Å². The molecular weight excluding hydrogens is 291 g/mol. The summed E-state index contributed by atoms with van der Waals surface area (Å²) in [4.78, 5) is 8.47. The number of pyridine rings is 2. The molecule has 0 radical (unpaired) electrons. The molecule has 0 fully saturated rings. The van der Waals surface area contributed by atoms with Crippen LogP contribution >= 0.6 is 35.0 Å². The fraction of sp³-hybridized carbons (Fsp3) is 0.0909. The molecule has 2 aromatic heterocycles. The minimum absolute atomic E-state index is 0.582. The van der Waals surface area contributed by atoms with Crippen LogP contribution in [0.4, 0.5) is 5.82 Å². The predicted octanol–water partition coefficient (Wildman–Crippen LogP) is 3.36. The van der Waals surface area contributed by atoms with Crippen molar-refractivity contribution in [2.45, 2.75) is 10.8 Å². The number of nitrogens with zero attached hydrogens (tertiary/aromatic N) is 2. The zero-order valence-electron chi connectivity index (χ0n) is 9.23. The van der Waals surface area contributed by atoms with Gasteiger partial charge in [0.1, 0.15) is 5.82 Å². The van der Waals surface area contributed by atoms with Crippen LogP contribution in [0.3, 0.4) is 0 Å². The Balaban J connectivity index is 2.07. The molecule has 4 nitrogen and oxygen atoms in total. The van der Waals surface area contributed by atoms with Crippen LogP contribution in [0, 0.1) is 0 Å². The van der Waals surface area contributed by atoms with E-state index in [1.807, 2.05) is 6.07 Å². The van der Waals surface area contributed by atoms with E-state index < -0.39 is 0 Å². The molecule has 2 heterocycles. The molecule has 2 rings (SSSR count). The van der Waals surface area contributed by atoms with Gasteiger partial charge < -0.3 is 5.43 Å². The van der Waals surface area contributed by atoms with E-state index in [9.17, 15) is 0 Å². The first-order valence-electron chi connectivity index (χ1n) is 5.05. The molecule has 0 atom stereocenters. The third-order valence-electron chi connectivity index (χ3n) is 2.12. The van der Waals surface area contributed by atoms with E-state index >= 15 is 0 Å². The molecule has 0 amide bonds. The lowest BCUT2D eigenvalue weighted by Gasteiger charge is -2.06. The molecule has 18 heavy (non-hydrogen) atoms. The van der Waals surface area contributed by atoms with Crippen molar-refractivity contribution in [1.82, 2.24) is 9.97 Å². The molecule has 0 bridgehead atoms. The maximum Gasteiger partial charge on any atom is 0.140 e. The zero-order valence-corrected chi connectivity index (χ0v) is 11.6. The number of hydrogen-bond donors (Lipinski definition) is 2. The lowest BCUT2D eigenvalue weighted by atomic mass is 10.4. The average molecular weight is 301 g/mol. The van der Waals surface area contributed by atoms with Gasteiger partial charge in [0.05, 0.1) is 20.8 Å². The Bertz CT molecular complexity index is 533. The molecule has 0 aliphatic carbocycles. The minimum Gasteiger partial charge on any atom is -0.308 e. The third kappa shape index (κ3) is 3.49. The molecule has 0 saturated carbocycles. The first-order chi connectivity index (χ1) is 8.69. The molecule has 0 aromatic carbocycles. The highest BCUT2D eigenvalue weighted by molar-refractivity contribution is 7.98. The van der Waals surface area contributed by atoms with Crippen LogP contribution in [0.2, 0.25) is 10.0 Å². The minimum atomic E-state index is 0.582. The second-order valence-electron chi connectivity index (χ2n) is 3.37. The molecular formula is C11H10Cl2N4S. The van der Waals surface area contributed by atoms with Crippen LogP contribution < -0.4 is 11.3 Å². The summed E-state index contributed by atoms with van der Waals surface area (Å²) in [6, 6.07) is 7.13. The second-order valence-corrected chi connectivity index (χ2v) is 5.21. The van der Waals surface area contributed by atoms with Crippen molar-refractivity contribution in [2.24, 2.45) is 5.84 Å². The Morgan fingerprint density at radius 2 is 2.06 bits per heavy atom. The number of aromatic nitrogens is 2. The average Bonchev–Trinajstić information content (AvgIpc) is 2.40. The number of hydrogen-bond acceptors (Lipinski definition) is 5. The standard InChI is InChI=1S/C11H10Cl2N4S/c12-7-1-4-11(15-5-7)18-6-9-8(13)2-3-10(16-9)17-14/h1-5H,6,14H2,(H,16,17). The van der Waals surface area contributed by atoms with Crippen molar-refractivity contribution in [3.8, 4) is 0 Å². The number of nitrogens with two attached hydrogens (primary N) is 1. The van der Waals surface area contributed by atoms with Crippen molar-refractivity contribution in [3.05, 3.63) is 46.2 Å². The summed E-state index contributed by atoms with van der Waals surface area (Å²) in [5.74, 6) is 6.50. The van der Waals surface area contributed by atoms with E-state index in [2.05, 4.69) is 15.4 Å². The fourth-order valence-electron chi connectivity index (χ4n) is 1.26. The quantitative estimate of drug-likeness (QED) is 0.515. The summed E-state index contributed by atoms with van der Waals surface area (Å²) in [5.41, 5.74) is 3.25. The number of anilines is 1. The van der Waals surface area contributed by atoms with E-state index in [-0.39, 0.29) is 0 Å². The zero-order chi connectivity index (χ0) is 13.0. The summed E-state index contributed by atoms with van der Waals surface area (Å²) in [6.07, 6.45) is 1.61. The van der Waals surface area contributed by atoms with E-state index in [1.165, 1.54) is 11.8 Å². The Labute approximate surface area is 119 Å². The number of nitrogen functional groups attached to an aromatic ring is 1. The number of hydrazine groups is 1. The van der Waals surface area contributed by atoms with Crippen molar-refractivity contribution in [3.63, 3.8) is 0 Å². The summed E-state index contributed by atoms with van der Waals surface area (Å²) in [6.45, 7) is 0. The molecule has 94 valence electrons. The van der Waals surface area contributed by atoms with Crippen LogP contribution in [0.5, 0.6) is 0 Å². The number of thioether (sulfide) groups is 1. The first-order valence-corrected chi connectivity index (χ1v) is 6.79. The summed E-state index contributed by atoms with van der Waals surface area (Å²) in [7, 11) is 0. The van der Waals surface area contributed by atoms with Gasteiger partial charge in [0, 0.05) is 11.9 Å². The Kier molecular flexibility index (Phi) is 4.66. The van der Waals surface area contributed by atoms with Crippen LogP contribution in [0.25, 0.3) is 0 Å². The Morgan fingerprint density at radius 3 is 2.72 bits per heavy atom. The van der Waals surface area contributed by atoms with Gasteiger partial charge in [0.25, 0.3) is 0 Å². The van der Waals surface area contributed by atoms with E-state index in [0.717, 1.165) is 10.7 Å². The van der Waals surface area contributed by atoms with Crippen LogP contribution in [-0.4, -0.2) is 9.97 Å². The summed E-state index contributed by atoms with van der Waals surface area (Å²) >= 11 is 13.4. The molecule has 0 aliphatic rings. The molecule has 0 aliphatic heterocycles.